The number of nitro benzene ring substituents is 1. The number of aromatic nitrogens is 2. The molecule has 0 atom stereocenters. The van der Waals surface area contributed by atoms with E-state index in [0.717, 1.165) is 17.3 Å². The van der Waals surface area contributed by atoms with Crippen LogP contribution in [0.1, 0.15) is 11.3 Å². The molecule has 11 heteroatoms. The summed E-state index contributed by atoms with van der Waals surface area (Å²) in [6.07, 6.45) is 1.66. The Morgan fingerprint density at radius 3 is 2.87 bits per heavy atom. The zero-order valence-corrected chi connectivity index (χ0v) is 11.8. The zero-order chi connectivity index (χ0) is 16.6. The van der Waals surface area contributed by atoms with Gasteiger partial charge in [-0.25, -0.2) is 20.4 Å². The first-order chi connectivity index (χ1) is 11.0. The highest BCUT2D eigenvalue weighted by Crippen LogP contribution is 2.25. The third-order valence-electron chi connectivity index (χ3n) is 3.47. The van der Waals surface area contributed by atoms with E-state index in [9.17, 15) is 14.5 Å². The molecule has 1 aromatic carbocycles. The summed E-state index contributed by atoms with van der Waals surface area (Å²) < 4.78 is 15.4. The first-order valence-corrected chi connectivity index (χ1v) is 6.55. The Hall–Kier alpha value is -3.21. The molecule has 1 aromatic heterocycles. The van der Waals surface area contributed by atoms with Gasteiger partial charge in [-0.3, -0.25) is 10.1 Å². The summed E-state index contributed by atoms with van der Waals surface area (Å²) in [5.74, 6) is 4.58. The van der Waals surface area contributed by atoms with Crippen LogP contribution in [0.5, 0.6) is 0 Å². The summed E-state index contributed by atoms with van der Waals surface area (Å²) >= 11 is 0. The number of nitrogens with two attached hydrogens (primary N) is 2. The molecule has 0 unspecified atom stereocenters. The van der Waals surface area contributed by atoms with E-state index in [1.54, 1.807) is 11.1 Å². The Balaban J connectivity index is 1.85. The van der Waals surface area contributed by atoms with E-state index in [1.807, 2.05) is 0 Å². The Bertz CT molecular complexity index is 779. The predicted octanol–water partition coefficient (Wildman–Crippen LogP) is -0.0718. The maximum Gasteiger partial charge on any atom is 0.272 e. The summed E-state index contributed by atoms with van der Waals surface area (Å²) in [6, 6.07) is 3.42. The Morgan fingerprint density at radius 2 is 2.26 bits per heavy atom. The molecule has 0 bridgehead atoms. The fourth-order valence-corrected chi connectivity index (χ4v) is 2.37. The van der Waals surface area contributed by atoms with Crippen molar-refractivity contribution >= 4 is 11.6 Å². The number of hydrogen-bond donors (Lipinski definition) is 3. The Labute approximate surface area is 129 Å². The van der Waals surface area contributed by atoms with E-state index in [2.05, 4.69) is 15.7 Å². The number of halogens is 1. The molecule has 2 heterocycles. The molecule has 0 spiro atoms. The van der Waals surface area contributed by atoms with Crippen LogP contribution in [-0.2, 0) is 13.1 Å². The fourth-order valence-electron chi connectivity index (χ4n) is 2.37. The molecule has 0 saturated heterocycles. The second kappa shape index (κ2) is 5.53. The van der Waals surface area contributed by atoms with Crippen LogP contribution >= 0.6 is 0 Å². The van der Waals surface area contributed by atoms with Gasteiger partial charge in [-0.15, -0.1) is 5.10 Å². The van der Waals surface area contributed by atoms with Crippen molar-refractivity contribution in [1.29, 1.82) is 0 Å². The van der Waals surface area contributed by atoms with Gasteiger partial charge >= 0.3 is 0 Å². The molecular weight excluding hydrogens is 307 g/mol. The van der Waals surface area contributed by atoms with Crippen molar-refractivity contribution in [3.05, 3.63) is 51.6 Å². The van der Waals surface area contributed by atoms with E-state index in [4.69, 9.17) is 11.6 Å². The first kappa shape index (κ1) is 14.7. The number of fused-ring (bicyclic) bond motifs is 1. The lowest BCUT2D eigenvalue weighted by molar-refractivity contribution is -0.385. The van der Waals surface area contributed by atoms with E-state index < -0.39 is 10.7 Å². The molecule has 0 amide bonds. The van der Waals surface area contributed by atoms with Crippen LogP contribution in [0, 0.1) is 15.9 Å². The predicted molar refractivity (Wildman–Crippen MR) is 78.4 cm³/mol. The molecule has 2 aromatic rings. The number of nitrogens with zero attached hydrogens (tertiary/aromatic N) is 5. The van der Waals surface area contributed by atoms with Gasteiger partial charge in [0.2, 0.25) is 5.96 Å². The monoisotopic (exact) mass is 320 g/mol. The smallest absolute Gasteiger partial charge is 0.272 e. The van der Waals surface area contributed by atoms with Gasteiger partial charge < -0.3 is 10.6 Å². The highest BCUT2D eigenvalue weighted by Gasteiger charge is 2.25. The SMILES string of the molecule is NN/N=C(\N)N1Cc2cn(-c3ccc([N+](=O)[O-])cc3F)nc2C1. The maximum atomic E-state index is 14.0. The second-order valence-corrected chi connectivity index (χ2v) is 4.89. The summed E-state index contributed by atoms with van der Waals surface area (Å²) in [5.41, 5.74) is 9.25. The van der Waals surface area contributed by atoms with Gasteiger partial charge in [-0.05, 0) is 6.07 Å². The highest BCUT2D eigenvalue weighted by molar-refractivity contribution is 5.78. The molecule has 1 aliphatic heterocycles. The van der Waals surface area contributed by atoms with Crippen LogP contribution < -0.4 is 17.1 Å². The minimum Gasteiger partial charge on any atom is -0.368 e. The average molecular weight is 320 g/mol. The quantitative estimate of drug-likeness (QED) is 0.236. The first-order valence-electron chi connectivity index (χ1n) is 6.55. The Kier molecular flexibility index (Phi) is 3.54. The molecular formula is C12H13FN8O2. The second-order valence-electron chi connectivity index (χ2n) is 4.89. The van der Waals surface area contributed by atoms with E-state index in [1.165, 1.54) is 16.8 Å². The topological polar surface area (TPSA) is 141 Å². The summed E-state index contributed by atoms with van der Waals surface area (Å²) in [6.45, 7) is 0.870. The zero-order valence-electron chi connectivity index (χ0n) is 11.8. The lowest BCUT2D eigenvalue weighted by atomic mass is 10.2. The van der Waals surface area contributed by atoms with Crippen molar-refractivity contribution < 1.29 is 9.31 Å². The molecule has 0 aliphatic carbocycles. The molecule has 0 fully saturated rings. The maximum absolute atomic E-state index is 14.0. The highest BCUT2D eigenvalue weighted by atomic mass is 19.1. The summed E-state index contributed by atoms with van der Waals surface area (Å²) in [7, 11) is 0. The molecule has 10 nitrogen and oxygen atoms in total. The van der Waals surface area contributed by atoms with Crippen LogP contribution in [0.2, 0.25) is 0 Å². The number of non-ortho nitro benzene ring substituents is 1. The van der Waals surface area contributed by atoms with Crippen molar-refractivity contribution in [3.63, 3.8) is 0 Å². The van der Waals surface area contributed by atoms with Crippen LogP contribution in [0.3, 0.4) is 0 Å². The molecule has 3 rings (SSSR count). The summed E-state index contributed by atoms with van der Waals surface area (Å²) in [5, 5.41) is 18.6. The van der Waals surface area contributed by atoms with Gasteiger partial charge in [-0.2, -0.15) is 5.10 Å². The number of nitrogens with one attached hydrogen (secondary N) is 1. The molecule has 0 saturated carbocycles. The number of hydrazone groups is 1. The van der Waals surface area contributed by atoms with Crippen molar-refractivity contribution in [3.8, 4) is 5.69 Å². The summed E-state index contributed by atoms with van der Waals surface area (Å²) in [4.78, 5) is 11.7. The van der Waals surface area contributed by atoms with Crippen molar-refractivity contribution in [2.45, 2.75) is 13.1 Å². The minimum absolute atomic E-state index is 0.141. The molecule has 0 radical (unpaired) electrons. The van der Waals surface area contributed by atoms with Crippen molar-refractivity contribution in [2.24, 2.45) is 16.7 Å². The Morgan fingerprint density at radius 1 is 1.48 bits per heavy atom. The van der Waals surface area contributed by atoms with Crippen LogP contribution in [-0.4, -0.2) is 25.6 Å². The lowest BCUT2D eigenvalue weighted by Gasteiger charge is -2.15. The number of benzene rings is 1. The van der Waals surface area contributed by atoms with E-state index >= 15 is 0 Å². The third-order valence-corrected chi connectivity index (χ3v) is 3.47. The molecule has 5 N–H and O–H groups in total. The van der Waals surface area contributed by atoms with E-state index in [0.29, 0.717) is 13.1 Å². The number of nitro groups is 1. The molecule has 23 heavy (non-hydrogen) atoms. The average Bonchev–Trinajstić information content (AvgIpc) is 3.05. The van der Waals surface area contributed by atoms with Gasteiger partial charge in [0, 0.05) is 24.4 Å². The lowest BCUT2D eigenvalue weighted by Crippen LogP contribution is -2.36. The largest absolute Gasteiger partial charge is 0.368 e. The van der Waals surface area contributed by atoms with Gasteiger partial charge in [-0.1, -0.05) is 0 Å². The van der Waals surface area contributed by atoms with Crippen LogP contribution in [0.4, 0.5) is 10.1 Å². The van der Waals surface area contributed by atoms with Gasteiger partial charge in [0.05, 0.1) is 23.2 Å². The van der Waals surface area contributed by atoms with Crippen LogP contribution in [0.25, 0.3) is 5.69 Å². The van der Waals surface area contributed by atoms with Crippen molar-refractivity contribution in [2.75, 3.05) is 0 Å². The number of rotatable bonds is 3. The standard InChI is InChI=1S/C12H13FN8O2/c13-9-3-8(21(22)23)1-2-11(9)20-5-7-4-19(6-10(7)17-20)12(14)16-18-15/h1-3,5,18H,4,6,15H2,(H2,14,16). The van der Waals surface area contributed by atoms with Crippen molar-refractivity contribution in [1.82, 2.24) is 20.2 Å². The fraction of sp³-hybridized carbons (Fsp3) is 0.167. The van der Waals surface area contributed by atoms with Gasteiger partial charge in [0.25, 0.3) is 5.69 Å². The normalized spacial score (nSPS) is 14.0. The number of hydrazine groups is 1. The molecule has 120 valence electrons. The number of hydrogen-bond acceptors (Lipinski definition) is 6. The van der Waals surface area contributed by atoms with Crippen LogP contribution in [0.15, 0.2) is 29.5 Å². The third kappa shape index (κ3) is 2.64. The molecule has 1 aliphatic rings. The van der Waals surface area contributed by atoms with E-state index in [-0.39, 0.29) is 17.3 Å². The van der Waals surface area contributed by atoms with Gasteiger partial charge in [0.15, 0.2) is 5.82 Å². The number of guanidine groups is 1. The minimum atomic E-state index is -0.717. The van der Waals surface area contributed by atoms with Gasteiger partial charge in [0.1, 0.15) is 5.69 Å².